The Morgan fingerprint density at radius 1 is 1.70 bits per heavy atom. The minimum atomic E-state index is 0.00463. The molecule has 0 aliphatic heterocycles. The van der Waals surface area contributed by atoms with Crippen molar-refractivity contribution in [1.82, 2.24) is 5.32 Å². The number of methoxy groups -OCH3 is 1. The van der Waals surface area contributed by atoms with Crippen molar-refractivity contribution in [3.63, 3.8) is 0 Å². The molecule has 4 heteroatoms. The molecular formula is C6H15NO3. The molecule has 0 radical (unpaired) electrons. The summed E-state index contributed by atoms with van der Waals surface area (Å²) in [5.41, 5.74) is 0. The number of hydrogen-bond donors (Lipinski definition) is 2. The number of carbonyl (C=O) groups excluding carboxylic acids is 1. The van der Waals surface area contributed by atoms with E-state index >= 15 is 0 Å². The van der Waals surface area contributed by atoms with Crippen LogP contribution >= 0.6 is 0 Å². The summed E-state index contributed by atoms with van der Waals surface area (Å²) < 4.78 is 4.44. The Kier molecular flexibility index (Phi) is 13.6. The van der Waals surface area contributed by atoms with Crippen molar-refractivity contribution < 1.29 is 14.6 Å². The number of ether oxygens (including phenoxy) is 1. The van der Waals surface area contributed by atoms with Crippen molar-refractivity contribution in [1.29, 1.82) is 0 Å². The average Bonchev–Trinajstić information content (AvgIpc) is 1.91. The van der Waals surface area contributed by atoms with E-state index in [1.807, 2.05) is 0 Å². The van der Waals surface area contributed by atoms with Crippen molar-refractivity contribution in [3.05, 3.63) is 0 Å². The van der Waals surface area contributed by atoms with Crippen LogP contribution in [-0.4, -0.2) is 38.4 Å². The Bertz CT molecular complexity index is 73.4. The largest absolute Gasteiger partial charge is 0.394 e. The number of rotatable bonds is 2. The van der Waals surface area contributed by atoms with Crippen LogP contribution < -0.4 is 5.32 Å². The van der Waals surface area contributed by atoms with Crippen LogP contribution in [0.25, 0.3) is 0 Å². The van der Waals surface area contributed by atoms with E-state index in [4.69, 9.17) is 5.11 Å². The van der Waals surface area contributed by atoms with Gasteiger partial charge < -0.3 is 15.2 Å². The zero-order valence-corrected chi connectivity index (χ0v) is 6.68. The van der Waals surface area contributed by atoms with Crippen LogP contribution in [0.3, 0.4) is 0 Å². The van der Waals surface area contributed by atoms with E-state index < -0.39 is 0 Å². The van der Waals surface area contributed by atoms with Crippen molar-refractivity contribution in [2.75, 3.05) is 27.4 Å². The van der Waals surface area contributed by atoms with Gasteiger partial charge in [-0.3, -0.25) is 4.79 Å². The summed E-state index contributed by atoms with van der Waals surface area (Å²) in [6.45, 7) is 2.04. The third-order valence-electron chi connectivity index (χ3n) is 0.647. The topological polar surface area (TPSA) is 58.6 Å². The zero-order valence-electron chi connectivity index (χ0n) is 6.68. The first-order valence-electron chi connectivity index (χ1n) is 2.97. The fourth-order valence-electron chi connectivity index (χ4n) is 0.0913. The van der Waals surface area contributed by atoms with Gasteiger partial charge >= 0.3 is 0 Å². The quantitative estimate of drug-likeness (QED) is 0.550. The highest BCUT2D eigenvalue weighted by molar-refractivity contribution is 5.72. The maximum atomic E-state index is 9.70. The van der Waals surface area contributed by atoms with Crippen LogP contribution in [0.5, 0.6) is 0 Å². The Balaban J connectivity index is 0. The van der Waals surface area contributed by atoms with E-state index in [2.05, 4.69) is 10.1 Å². The van der Waals surface area contributed by atoms with Crippen LogP contribution in [0.1, 0.15) is 6.92 Å². The predicted octanol–water partition coefficient (Wildman–Crippen LogP) is -0.623. The minimum absolute atomic E-state index is 0.00463. The molecule has 0 saturated carbocycles. The Morgan fingerprint density at radius 2 is 2.10 bits per heavy atom. The van der Waals surface area contributed by atoms with Gasteiger partial charge in [-0.25, -0.2) is 0 Å². The molecule has 0 unspecified atom stereocenters. The molecule has 0 bridgehead atoms. The fraction of sp³-hybridized carbons (Fsp3) is 0.833. The van der Waals surface area contributed by atoms with Crippen molar-refractivity contribution in [3.8, 4) is 0 Å². The van der Waals surface area contributed by atoms with Gasteiger partial charge in [-0.2, -0.15) is 0 Å². The van der Waals surface area contributed by atoms with Gasteiger partial charge in [0.15, 0.2) is 0 Å². The highest BCUT2D eigenvalue weighted by atomic mass is 16.5. The molecule has 1 amide bonds. The lowest BCUT2D eigenvalue weighted by Gasteiger charge is -1.84. The summed E-state index contributed by atoms with van der Waals surface area (Å²) in [6.07, 6.45) is 0. The van der Waals surface area contributed by atoms with E-state index in [1.54, 1.807) is 14.2 Å². The van der Waals surface area contributed by atoms with Gasteiger partial charge in [-0.1, -0.05) is 0 Å². The van der Waals surface area contributed by atoms with Crippen LogP contribution in [0, 0.1) is 0 Å². The number of aliphatic hydroxyl groups is 1. The standard InChI is InChI=1S/C3H7NO.C3H8O2/c1-3(5)4-2;1-5-3-2-4/h1-2H3,(H,4,5);4H,2-3H2,1H3. The van der Waals surface area contributed by atoms with Gasteiger partial charge in [0.05, 0.1) is 13.2 Å². The predicted molar refractivity (Wildman–Crippen MR) is 38.7 cm³/mol. The van der Waals surface area contributed by atoms with E-state index in [0.717, 1.165) is 0 Å². The second-order valence-electron chi connectivity index (χ2n) is 1.52. The summed E-state index contributed by atoms with van der Waals surface area (Å²) in [5, 5.41) is 10.3. The number of aliphatic hydroxyl groups excluding tert-OH is 1. The molecular weight excluding hydrogens is 134 g/mol. The van der Waals surface area contributed by atoms with Crippen LogP contribution in [0.2, 0.25) is 0 Å². The van der Waals surface area contributed by atoms with Crippen LogP contribution in [0.15, 0.2) is 0 Å². The van der Waals surface area contributed by atoms with E-state index in [1.165, 1.54) is 6.92 Å². The summed E-state index contributed by atoms with van der Waals surface area (Å²) in [7, 11) is 3.15. The second-order valence-corrected chi connectivity index (χ2v) is 1.52. The fourth-order valence-corrected chi connectivity index (χ4v) is 0.0913. The van der Waals surface area contributed by atoms with Gasteiger partial charge in [0.25, 0.3) is 0 Å². The monoisotopic (exact) mass is 149 g/mol. The molecule has 10 heavy (non-hydrogen) atoms. The van der Waals surface area contributed by atoms with E-state index in [-0.39, 0.29) is 12.5 Å². The van der Waals surface area contributed by atoms with Crippen molar-refractivity contribution >= 4 is 5.91 Å². The first-order chi connectivity index (χ1) is 4.68. The number of nitrogens with one attached hydrogen (secondary N) is 1. The molecule has 62 valence electrons. The smallest absolute Gasteiger partial charge is 0.216 e. The molecule has 0 fully saturated rings. The molecule has 4 nitrogen and oxygen atoms in total. The maximum absolute atomic E-state index is 9.70. The minimum Gasteiger partial charge on any atom is -0.394 e. The summed E-state index contributed by atoms with van der Waals surface area (Å²) >= 11 is 0. The highest BCUT2D eigenvalue weighted by Crippen LogP contribution is 1.56. The Hall–Kier alpha value is -0.610. The first-order valence-corrected chi connectivity index (χ1v) is 2.97. The lowest BCUT2D eigenvalue weighted by Crippen LogP contribution is -2.11. The maximum Gasteiger partial charge on any atom is 0.216 e. The molecule has 0 atom stereocenters. The van der Waals surface area contributed by atoms with Gasteiger partial charge in [-0.05, 0) is 0 Å². The van der Waals surface area contributed by atoms with Gasteiger partial charge in [0.2, 0.25) is 5.91 Å². The molecule has 0 aromatic rings. The lowest BCUT2D eigenvalue weighted by atomic mass is 10.7. The van der Waals surface area contributed by atoms with Gasteiger partial charge in [-0.15, -0.1) is 0 Å². The SMILES string of the molecule is CNC(C)=O.COCCO. The van der Waals surface area contributed by atoms with Gasteiger partial charge in [0.1, 0.15) is 0 Å². The number of hydrogen-bond acceptors (Lipinski definition) is 3. The summed E-state index contributed by atoms with van der Waals surface area (Å²) in [6, 6.07) is 0. The molecule has 0 aromatic carbocycles. The summed E-state index contributed by atoms with van der Waals surface area (Å²) in [4.78, 5) is 9.70. The highest BCUT2D eigenvalue weighted by Gasteiger charge is 1.72. The molecule has 0 rings (SSSR count). The number of amides is 1. The molecule has 0 heterocycles. The Morgan fingerprint density at radius 3 is 2.10 bits per heavy atom. The van der Waals surface area contributed by atoms with Gasteiger partial charge in [0, 0.05) is 21.1 Å². The summed E-state index contributed by atoms with van der Waals surface area (Å²) in [5.74, 6) is 0.00463. The molecule has 0 aliphatic rings. The van der Waals surface area contributed by atoms with Crippen LogP contribution in [-0.2, 0) is 9.53 Å². The first kappa shape index (κ1) is 12.1. The third kappa shape index (κ3) is 26.3. The lowest BCUT2D eigenvalue weighted by molar-refractivity contribution is -0.118. The molecule has 2 N–H and O–H groups in total. The zero-order chi connectivity index (χ0) is 8.41. The Labute approximate surface area is 61.2 Å². The normalized spacial score (nSPS) is 7.60. The molecule has 0 saturated heterocycles. The van der Waals surface area contributed by atoms with E-state index in [0.29, 0.717) is 6.61 Å². The van der Waals surface area contributed by atoms with Crippen molar-refractivity contribution in [2.24, 2.45) is 0 Å². The molecule has 0 aromatic heterocycles. The van der Waals surface area contributed by atoms with Crippen LogP contribution in [0.4, 0.5) is 0 Å². The average molecular weight is 149 g/mol. The van der Waals surface area contributed by atoms with E-state index in [9.17, 15) is 4.79 Å². The number of carbonyl (C=O) groups is 1. The third-order valence-corrected chi connectivity index (χ3v) is 0.647. The molecule has 0 aliphatic carbocycles. The van der Waals surface area contributed by atoms with Crippen molar-refractivity contribution in [2.45, 2.75) is 6.92 Å². The second kappa shape index (κ2) is 11.2. The molecule has 0 spiro atoms.